The minimum absolute atomic E-state index is 0.384. The summed E-state index contributed by atoms with van der Waals surface area (Å²) in [4.78, 5) is 0. The van der Waals surface area contributed by atoms with Gasteiger partial charge < -0.3 is 10.2 Å². The highest BCUT2D eigenvalue weighted by molar-refractivity contribution is 5.52. The number of aliphatic hydroxyl groups is 2. The number of aliphatic hydroxyl groups excluding tert-OH is 2. The van der Waals surface area contributed by atoms with Crippen molar-refractivity contribution < 1.29 is 10.2 Å². The molecule has 1 aromatic carbocycles. The molecule has 2 heteroatoms. The quantitative estimate of drug-likeness (QED) is 0.793. The summed E-state index contributed by atoms with van der Waals surface area (Å²) in [5, 5.41) is 18.9. The van der Waals surface area contributed by atoms with E-state index >= 15 is 0 Å². The van der Waals surface area contributed by atoms with E-state index in [1.807, 2.05) is 43.3 Å². The van der Waals surface area contributed by atoms with Crippen molar-refractivity contribution in [2.24, 2.45) is 0 Å². The van der Waals surface area contributed by atoms with Gasteiger partial charge in [0.2, 0.25) is 0 Å². The fraction of sp³-hybridized carbons (Fsp3) is 0.385. The Balaban J connectivity index is 2.67. The molecule has 0 saturated carbocycles. The molecule has 0 bridgehead atoms. The van der Waals surface area contributed by atoms with Gasteiger partial charge in [-0.3, -0.25) is 0 Å². The molecule has 82 valence electrons. The van der Waals surface area contributed by atoms with E-state index in [2.05, 4.69) is 0 Å². The number of hydrogen-bond acceptors (Lipinski definition) is 2. The van der Waals surface area contributed by atoms with Gasteiger partial charge in [-0.25, -0.2) is 0 Å². The maximum absolute atomic E-state index is 9.72. The fourth-order valence-corrected chi connectivity index (χ4v) is 1.42. The van der Waals surface area contributed by atoms with Gasteiger partial charge in [-0.2, -0.15) is 0 Å². The van der Waals surface area contributed by atoms with Crippen molar-refractivity contribution in [2.45, 2.75) is 32.5 Å². The summed E-state index contributed by atoms with van der Waals surface area (Å²) >= 11 is 0. The van der Waals surface area contributed by atoms with Crippen LogP contribution in [0.5, 0.6) is 0 Å². The Bertz CT molecular complexity index is 315. The summed E-state index contributed by atoms with van der Waals surface area (Å²) in [5.41, 5.74) is 1.95. The van der Waals surface area contributed by atoms with Crippen LogP contribution in [0.2, 0.25) is 0 Å². The van der Waals surface area contributed by atoms with E-state index in [9.17, 15) is 5.11 Å². The first-order valence-electron chi connectivity index (χ1n) is 5.19. The van der Waals surface area contributed by atoms with Crippen molar-refractivity contribution in [1.82, 2.24) is 0 Å². The summed E-state index contributed by atoms with van der Waals surface area (Å²) in [5.74, 6) is 0. The minimum atomic E-state index is -0.565. The molecular formula is C13H18O2. The molecule has 0 amide bonds. The third-order valence-electron chi connectivity index (χ3n) is 2.28. The molecule has 0 unspecified atom stereocenters. The monoisotopic (exact) mass is 206 g/mol. The molecule has 0 radical (unpaired) electrons. The van der Waals surface area contributed by atoms with Crippen molar-refractivity contribution in [1.29, 1.82) is 0 Å². The molecule has 2 N–H and O–H groups in total. The Morgan fingerprint density at radius 1 is 1.27 bits per heavy atom. The van der Waals surface area contributed by atoms with Crippen molar-refractivity contribution >= 4 is 6.08 Å². The van der Waals surface area contributed by atoms with Crippen LogP contribution in [0.25, 0.3) is 6.08 Å². The Morgan fingerprint density at radius 3 is 2.40 bits per heavy atom. The minimum Gasteiger partial charge on any atom is -0.393 e. The zero-order chi connectivity index (χ0) is 11.3. The predicted octanol–water partition coefficient (Wildman–Crippen LogP) is 2.22. The SMILES string of the molecule is C/C(=C\c1ccccc1)[C@@H](O)C[C@@H](C)O. The first-order chi connectivity index (χ1) is 7.09. The summed E-state index contributed by atoms with van der Waals surface area (Å²) in [6, 6.07) is 9.84. The number of rotatable bonds is 4. The number of hydrogen-bond donors (Lipinski definition) is 2. The first kappa shape index (κ1) is 12.0. The molecule has 0 aliphatic heterocycles. The third kappa shape index (κ3) is 4.28. The molecule has 2 nitrogen and oxygen atoms in total. The van der Waals surface area contributed by atoms with Gasteiger partial charge in [-0.1, -0.05) is 36.4 Å². The highest BCUT2D eigenvalue weighted by atomic mass is 16.3. The van der Waals surface area contributed by atoms with Crippen LogP contribution in [0.4, 0.5) is 0 Å². The molecule has 0 fully saturated rings. The molecule has 0 aliphatic carbocycles. The lowest BCUT2D eigenvalue weighted by molar-refractivity contribution is 0.111. The summed E-state index contributed by atoms with van der Waals surface area (Å²) in [7, 11) is 0. The Kier molecular flexibility index (Phi) is 4.53. The van der Waals surface area contributed by atoms with Crippen LogP contribution in [0.15, 0.2) is 35.9 Å². The van der Waals surface area contributed by atoms with Gasteiger partial charge in [-0.15, -0.1) is 0 Å². The van der Waals surface area contributed by atoms with Gasteiger partial charge in [0.05, 0.1) is 12.2 Å². The van der Waals surface area contributed by atoms with E-state index in [0.29, 0.717) is 6.42 Å². The largest absolute Gasteiger partial charge is 0.393 e. The van der Waals surface area contributed by atoms with E-state index in [0.717, 1.165) is 11.1 Å². The van der Waals surface area contributed by atoms with Gasteiger partial charge >= 0.3 is 0 Å². The maximum atomic E-state index is 9.72. The van der Waals surface area contributed by atoms with Crippen LogP contribution < -0.4 is 0 Å². The fourth-order valence-electron chi connectivity index (χ4n) is 1.42. The molecule has 1 aromatic rings. The van der Waals surface area contributed by atoms with Gasteiger partial charge in [0.1, 0.15) is 0 Å². The van der Waals surface area contributed by atoms with E-state index in [1.54, 1.807) is 6.92 Å². The standard InChI is InChI=1S/C13H18O2/c1-10(13(15)9-11(2)14)8-12-6-4-3-5-7-12/h3-8,11,13-15H,9H2,1-2H3/b10-8+/t11-,13+/m1/s1. The van der Waals surface area contributed by atoms with Gasteiger partial charge in [0.25, 0.3) is 0 Å². The molecule has 15 heavy (non-hydrogen) atoms. The molecule has 0 aromatic heterocycles. The second-order valence-electron chi connectivity index (χ2n) is 3.90. The zero-order valence-electron chi connectivity index (χ0n) is 9.22. The Labute approximate surface area is 90.9 Å². The lowest BCUT2D eigenvalue weighted by Crippen LogP contribution is -2.15. The highest BCUT2D eigenvalue weighted by Gasteiger charge is 2.09. The van der Waals surface area contributed by atoms with Crippen LogP contribution in [-0.2, 0) is 0 Å². The van der Waals surface area contributed by atoms with Crippen molar-refractivity contribution in [2.75, 3.05) is 0 Å². The van der Waals surface area contributed by atoms with Gasteiger partial charge in [0.15, 0.2) is 0 Å². The van der Waals surface area contributed by atoms with Crippen molar-refractivity contribution in [3.63, 3.8) is 0 Å². The smallest absolute Gasteiger partial charge is 0.0775 e. The molecule has 1 rings (SSSR count). The molecule has 2 atom stereocenters. The van der Waals surface area contributed by atoms with Crippen LogP contribution in [0.3, 0.4) is 0 Å². The predicted molar refractivity (Wildman–Crippen MR) is 62.4 cm³/mol. The first-order valence-corrected chi connectivity index (χ1v) is 5.19. The Hall–Kier alpha value is -1.12. The van der Waals surface area contributed by atoms with E-state index in [4.69, 9.17) is 5.11 Å². The maximum Gasteiger partial charge on any atom is 0.0775 e. The van der Waals surface area contributed by atoms with Gasteiger partial charge in [-0.05, 0) is 25.0 Å². The second-order valence-corrected chi connectivity index (χ2v) is 3.90. The van der Waals surface area contributed by atoms with E-state index in [1.165, 1.54) is 0 Å². The Morgan fingerprint density at radius 2 is 1.87 bits per heavy atom. The van der Waals surface area contributed by atoms with Gasteiger partial charge in [0, 0.05) is 6.42 Å². The van der Waals surface area contributed by atoms with Crippen LogP contribution in [0.1, 0.15) is 25.8 Å². The average Bonchev–Trinajstić information content (AvgIpc) is 2.18. The molecular weight excluding hydrogens is 188 g/mol. The van der Waals surface area contributed by atoms with Crippen molar-refractivity contribution in [3.8, 4) is 0 Å². The third-order valence-corrected chi connectivity index (χ3v) is 2.28. The second kappa shape index (κ2) is 5.69. The molecule has 0 spiro atoms. The topological polar surface area (TPSA) is 40.5 Å². The van der Waals surface area contributed by atoms with Crippen molar-refractivity contribution in [3.05, 3.63) is 41.5 Å². The van der Waals surface area contributed by atoms with Crippen LogP contribution >= 0.6 is 0 Å². The highest BCUT2D eigenvalue weighted by Crippen LogP contribution is 2.13. The molecule has 0 saturated heterocycles. The number of benzene rings is 1. The van der Waals surface area contributed by atoms with Crippen LogP contribution in [-0.4, -0.2) is 22.4 Å². The normalized spacial score (nSPS) is 16.1. The summed E-state index contributed by atoms with van der Waals surface area (Å²) in [6.45, 7) is 3.55. The summed E-state index contributed by atoms with van der Waals surface area (Å²) < 4.78 is 0. The summed E-state index contributed by atoms with van der Waals surface area (Å²) in [6.07, 6.45) is 1.28. The average molecular weight is 206 g/mol. The lowest BCUT2D eigenvalue weighted by atomic mass is 10.0. The van der Waals surface area contributed by atoms with E-state index < -0.39 is 12.2 Å². The molecule has 0 aliphatic rings. The lowest BCUT2D eigenvalue weighted by Gasteiger charge is -2.13. The molecule has 0 heterocycles. The zero-order valence-corrected chi connectivity index (χ0v) is 9.22. The van der Waals surface area contributed by atoms with E-state index in [-0.39, 0.29) is 0 Å². The van der Waals surface area contributed by atoms with Crippen LogP contribution in [0, 0.1) is 0 Å².